The SMILES string of the molecule is CC(=O)Cc1ccc2ccccc2c1C(=O)O. The van der Waals surface area contributed by atoms with E-state index >= 15 is 0 Å². The summed E-state index contributed by atoms with van der Waals surface area (Å²) in [7, 11) is 0. The third-order valence-corrected chi connectivity index (χ3v) is 2.67. The van der Waals surface area contributed by atoms with Crippen LogP contribution in [0, 0.1) is 0 Å². The molecule has 86 valence electrons. The molecule has 3 nitrogen and oxygen atoms in total. The second-order valence-electron chi connectivity index (χ2n) is 4.00. The molecule has 2 aromatic carbocycles. The number of carbonyl (C=O) groups excluding carboxylic acids is 1. The second kappa shape index (κ2) is 4.37. The molecule has 0 bridgehead atoms. The van der Waals surface area contributed by atoms with Crippen molar-refractivity contribution in [1.82, 2.24) is 0 Å². The lowest BCUT2D eigenvalue weighted by molar-refractivity contribution is -0.116. The molecule has 0 amide bonds. The first-order chi connectivity index (χ1) is 8.09. The fourth-order valence-electron chi connectivity index (χ4n) is 1.98. The lowest BCUT2D eigenvalue weighted by Crippen LogP contribution is -2.07. The third kappa shape index (κ3) is 2.18. The fraction of sp³-hybridized carbons (Fsp3) is 0.143. The normalized spacial score (nSPS) is 10.4. The number of fused-ring (bicyclic) bond motifs is 1. The Kier molecular flexibility index (Phi) is 2.91. The maximum absolute atomic E-state index is 11.3. The highest BCUT2D eigenvalue weighted by Crippen LogP contribution is 2.23. The van der Waals surface area contributed by atoms with E-state index in [2.05, 4.69) is 0 Å². The average Bonchev–Trinajstić information content (AvgIpc) is 2.27. The molecule has 0 spiro atoms. The van der Waals surface area contributed by atoms with Crippen LogP contribution in [0.1, 0.15) is 22.8 Å². The molecule has 0 fully saturated rings. The first-order valence-corrected chi connectivity index (χ1v) is 5.33. The molecule has 2 rings (SSSR count). The van der Waals surface area contributed by atoms with Crippen molar-refractivity contribution in [3.63, 3.8) is 0 Å². The lowest BCUT2D eigenvalue weighted by atomic mass is 9.96. The van der Waals surface area contributed by atoms with Gasteiger partial charge < -0.3 is 5.11 Å². The van der Waals surface area contributed by atoms with E-state index in [0.717, 1.165) is 5.39 Å². The number of ketones is 1. The Labute approximate surface area is 98.7 Å². The van der Waals surface area contributed by atoms with Crippen molar-refractivity contribution in [2.24, 2.45) is 0 Å². The molecule has 0 aromatic heterocycles. The molecule has 0 aliphatic rings. The summed E-state index contributed by atoms with van der Waals surface area (Å²) in [6.45, 7) is 1.46. The van der Waals surface area contributed by atoms with Gasteiger partial charge >= 0.3 is 5.97 Å². The van der Waals surface area contributed by atoms with Gasteiger partial charge in [-0.1, -0.05) is 36.4 Å². The van der Waals surface area contributed by atoms with Crippen LogP contribution in [-0.4, -0.2) is 16.9 Å². The van der Waals surface area contributed by atoms with E-state index in [1.165, 1.54) is 6.92 Å². The maximum Gasteiger partial charge on any atom is 0.336 e. The monoisotopic (exact) mass is 228 g/mol. The van der Waals surface area contributed by atoms with Crippen LogP contribution in [0.3, 0.4) is 0 Å². The van der Waals surface area contributed by atoms with E-state index in [-0.39, 0.29) is 17.8 Å². The molecule has 17 heavy (non-hydrogen) atoms. The van der Waals surface area contributed by atoms with Gasteiger partial charge in [0, 0.05) is 6.42 Å². The van der Waals surface area contributed by atoms with Crippen LogP contribution in [0.4, 0.5) is 0 Å². The van der Waals surface area contributed by atoms with Crippen LogP contribution in [0.15, 0.2) is 36.4 Å². The average molecular weight is 228 g/mol. The Hall–Kier alpha value is -2.16. The van der Waals surface area contributed by atoms with Crippen molar-refractivity contribution in [1.29, 1.82) is 0 Å². The summed E-state index contributed by atoms with van der Waals surface area (Å²) in [5.41, 5.74) is 0.807. The van der Waals surface area contributed by atoms with Crippen molar-refractivity contribution in [3.05, 3.63) is 47.5 Å². The smallest absolute Gasteiger partial charge is 0.336 e. The molecule has 0 saturated heterocycles. The first-order valence-electron chi connectivity index (χ1n) is 5.33. The molecule has 0 radical (unpaired) electrons. The number of benzene rings is 2. The van der Waals surface area contributed by atoms with Gasteiger partial charge in [-0.15, -0.1) is 0 Å². The number of aromatic carboxylic acids is 1. The minimum absolute atomic E-state index is 0.0391. The summed E-state index contributed by atoms with van der Waals surface area (Å²) < 4.78 is 0. The molecule has 1 N–H and O–H groups in total. The quantitative estimate of drug-likeness (QED) is 0.878. The zero-order valence-corrected chi connectivity index (χ0v) is 9.43. The second-order valence-corrected chi connectivity index (χ2v) is 4.00. The highest BCUT2D eigenvalue weighted by atomic mass is 16.4. The van der Waals surface area contributed by atoms with E-state index in [1.807, 2.05) is 18.2 Å². The van der Waals surface area contributed by atoms with E-state index in [9.17, 15) is 14.7 Å². The third-order valence-electron chi connectivity index (χ3n) is 2.67. The Morgan fingerprint density at radius 2 is 1.82 bits per heavy atom. The van der Waals surface area contributed by atoms with Gasteiger partial charge in [-0.05, 0) is 23.3 Å². The molecule has 0 aliphatic carbocycles. The summed E-state index contributed by atoms with van der Waals surface area (Å²) in [5.74, 6) is -1.03. The van der Waals surface area contributed by atoms with Crippen molar-refractivity contribution < 1.29 is 14.7 Å². The topological polar surface area (TPSA) is 54.4 Å². The van der Waals surface area contributed by atoms with E-state index in [1.54, 1.807) is 18.2 Å². The predicted octanol–water partition coefficient (Wildman–Crippen LogP) is 2.67. The predicted molar refractivity (Wildman–Crippen MR) is 65.3 cm³/mol. The minimum atomic E-state index is -0.988. The van der Waals surface area contributed by atoms with Crippen LogP contribution in [-0.2, 0) is 11.2 Å². The summed E-state index contributed by atoms with van der Waals surface area (Å²) in [6.07, 6.45) is 0.159. The number of hydrogen-bond donors (Lipinski definition) is 1. The summed E-state index contributed by atoms with van der Waals surface area (Å²) in [5, 5.41) is 10.8. The van der Waals surface area contributed by atoms with Gasteiger partial charge in [0.25, 0.3) is 0 Å². The molecule has 0 heterocycles. The van der Waals surface area contributed by atoms with Crippen LogP contribution < -0.4 is 0 Å². The Morgan fingerprint density at radius 3 is 2.47 bits per heavy atom. The highest BCUT2D eigenvalue weighted by molar-refractivity contribution is 6.05. The molecule has 0 atom stereocenters. The fourth-order valence-corrected chi connectivity index (χ4v) is 1.98. The van der Waals surface area contributed by atoms with Crippen molar-refractivity contribution in [3.8, 4) is 0 Å². The first kappa shape index (κ1) is 11.3. The number of carboxylic acid groups (broad SMARTS) is 1. The Morgan fingerprint density at radius 1 is 1.12 bits per heavy atom. The van der Waals surface area contributed by atoms with Crippen LogP contribution in [0.5, 0.6) is 0 Å². The zero-order valence-electron chi connectivity index (χ0n) is 9.43. The molecule has 0 aliphatic heterocycles. The van der Waals surface area contributed by atoms with Crippen molar-refractivity contribution in [2.45, 2.75) is 13.3 Å². The maximum atomic E-state index is 11.3. The van der Waals surface area contributed by atoms with E-state index in [4.69, 9.17) is 0 Å². The number of carboxylic acids is 1. The van der Waals surface area contributed by atoms with Gasteiger partial charge in [0.15, 0.2) is 0 Å². The highest BCUT2D eigenvalue weighted by Gasteiger charge is 2.14. The van der Waals surface area contributed by atoms with Gasteiger partial charge in [-0.25, -0.2) is 4.79 Å². The van der Waals surface area contributed by atoms with Gasteiger partial charge in [0.1, 0.15) is 5.78 Å². The van der Waals surface area contributed by atoms with Gasteiger partial charge in [-0.2, -0.15) is 0 Å². The molecule has 0 saturated carbocycles. The minimum Gasteiger partial charge on any atom is -0.478 e. The molecular weight excluding hydrogens is 216 g/mol. The van der Waals surface area contributed by atoms with Gasteiger partial charge in [0.2, 0.25) is 0 Å². The van der Waals surface area contributed by atoms with E-state index < -0.39 is 5.97 Å². The van der Waals surface area contributed by atoms with Crippen LogP contribution in [0.25, 0.3) is 10.8 Å². The van der Waals surface area contributed by atoms with Crippen LogP contribution >= 0.6 is 0 Å². The van der Waals surface area contributed by atoms with Crippen LogP contribution in [0.2, 0.25) is 0 Å². The largest absolute Gasteiger partial charge is 0.478 e. The molecule has 2 aromatic rings. The summed E-state index contributed by atoms with van der Waals surface area (Å²) >= 11 is 0. The number of carbonyl (C=O) groups is 2. The van der Waals surface area contributed by atoms with Gasteiger partial charge in [-0.3, -0.25) is 4.79 Å². The molecule has 3 heteroatoms. The number of Topliss-reactive ketones (excluding diaryl/α,β-unsaturated/α-hetero) is 1. The Balaban J connectivity index is 2.72. The molecule has 0 unspecified atom stereocenters. The van der Waals surface area contributed by atoms with Crippen molar-refractivity contribution in [2.75, 3.05) is 0 Å². The lowest BCUT2D eigenvalue weighted by Gasteiger charge is -2.08. The summed E-state index contributed by atoms with van der Waals surface area (Å²) in [4.78, 5) is 22.4. The van der Waals surface area contributed by atoms with Gasteiger partial charge in [0.05, 0.1) is 5.56 Å². The number of hydrogen-bond acceptors (Lipinski definition) is 2. The molecular formula is C14H12O3. The zero-order chi connectivity index (χ0) is 12.4. The van der Waals surface area contributed by atoms with E-state index in [0.29, 0.717) is 10.9 Å². The summed E-state index contributed by atoms with van der Waals surface area (Å²) in [6, 6.07) is 10.8. The standard InChI is InChI=1S/C14H12O3/c1-9(15)8-11-7-6-10-4-2-3-5-12(10)13(11)14(16)17/h2-7H,8H2,1H3,(H,16,17). The number of rotatable bonds is 3. The van der Waals surface area contributed by atoms with Crippen molar-refractivity contribution >= 4 is 22.5 Å². The Bertz CT molecular complexity index is 599.